The number of hydrogen-bond donors (Lipinski definition) is 0. The summed E-state index contributed by atoms with van der Waals surface area (Å²) in [5.74, 6) is -0.320. The number of ether oxygens (including phenoxy) is 1. The van der Waals surface area contributed by atoms with E-state index in [-0.39, 0.29) is 5.92 Å². The van der Waals surface area contributed by atoms with Gasteiger partial charge < -0.3 is 4.74 Å². The fraction of sp³-hybridized carbons (Fsp3) is 0.429. The van der Waals surface area contributed by atoms with E-state index in [1.807, 2.05) is 6.92 Å². The van der Waals surface area contributed by atoms with Crippen LogP contribution in [0.15, 0.2) is 28.7 Å². The molecule has 0 aliphatic heterocycles. The zero-order chi connectivity index (χ0) is 13.2. The van der Waals surface area contributed by atoms with E-state index in [1.54, 1.807) is 24.3 Å². The molecular formula is C14H14BrNO2. The molecule has 3 nitrogen and oxygen atoms in total. The molecule has 2 atom stereocenters. The zero-order valence-corrected chi connectivity index (χ0v) is 11.7. The Morgan fingerprint density at radius 1 is 1.50 bits per heavy atom. The maximum atomic E-state index is 12.0. The summed E-state index contributed by atoms with van der Waals surface area (Å²) < 4.78 is 6.38. The third-order valence-electron chi connectivity index (χ3n) is 3.53. The third kappa shape index (κ3) is 2.41. The van der Waals surface area contributed by atoms with Crippen molar-refractivity contribution in [2.45, 2.75) is 31.8 Å². The molecule has 1 aromatic carbocycles. The van der Waals surface area contributed by atoms with E-state index in [4.69, 9.17) is 4.74 Å². The second-order valence-corrected chi connectivity index (χ2v) is 5.61. The Morgan fingerprint density at radius 3 is 2.67 bits per heavy atom. The largest absolute Gasteiger partial charge is 0.440 e. The number of benzene rings is 1. The first kappa shape index (κ1) is 13.1. The van der Waals surface area contributed by atoms with Crippen LogP contribution in [0.3, 0.4) is 0 Å². The SMILES string of the molecule is C[C@H]1CCC[C@]1(C#N)OC(=O)c1ccc(Br)cc1. The zero-order valence-electron chi connectivity index (χ0n) is 10.1. The van der Waals surface area contributed by atoms with Crippen LogP contribution in [0.2, 0.25) is 0 Å². The van der Waals surface area contributed by atoms with Gasteiger partial charge in [0.25, 0.3) is 0 Å². The number of hydrogen-bond acceptors (Lipinski definition) is 3. The van der Waals surface area contributed by atoms with Crippen LogP contribution in [-0.2, 0) is 4.74 Å². The number of rotatable bonds is 2. The Kier molecular flexibility index (Phi) is 3.72. The van der Waals surface area contributed by atoms with Crippen LogP contribution in [0.4, 0.5) is 0 Å². The molecule has 0 radical (unpaired) electrons. The molecule has 1 fully saturated rings. The minimum Gasteiger partial charge on any atom is -0.440 e. The van der Waals surface area contributed by atoms with Crippen LogP contribution >= 0.6 is 15.9 Å². The summed E-state index contributed by atoms with van der Waals surface area (Å²) in [5, 5.41) is 9.29. The van der Waals surface area contributed by atoms with Crippen molar-refractivity contribution >= 4 is 21.9 Å². The molecule has 1 saturated carbocycles. The first-order valence-corrected chi connectivity index (χ1v) is 6.77. The molecule has 2 rings (SSSR count). The van der Waals surface area contributed by atoms with Gasteiger partial charge >= 0.3 is 5.97 Å². The van der Waals surface area contributed by atoms with Crippen LogP contribution in [0.5, 0.6) is 0 Å². The monoisotopic (exact) mass is 307 g/mol. The highest BCUT2D eigenvalue weighted by atomic mass is 79.9. The first-order valence-electron chi connectivity index (χ1n) is 5.97. The fourth-order valence-electron chi connectivity index (χ4n) is 2.30. The topological polar surface area (TPSA) is 50.1 Å². The molecular weight excluding hydrogens is 294 g/mol. The molecule has 1 aromatic rings. The molecule has 0 saturated heterocycles. The number of esters is 1. The molecule has 94 valence electrons. The summed E-state index contributed by atoms with van der Waals surface area (Å²) in [7, 11) is 0. The van der Waals surface area contributed by atoms with E-state index in [0.717, 1.165) is 17.3 Å². The average Bonchev–Trinajstić information content (AvgIpc) is 2.72. The highest BCUT2D eigenvalue weighted by Crippen LogP contribution is 2.38. The van der Waals surface area contributed by atoms with Gasteiger partial charge in [0.2, 0.25) is 0 Å². The number of carbonyl (C=O) groups is 1. The lowest BCUT2D eigenvalue weighted by Gasteiger charge is -2.25. The summed E-state index contributed by atoms with van der Waals surface area (Å²) >= 11 is 3.31. The number of nitrogens with zero attached hydrogens (tertiary/aromatic N) is 1. The van der Waals surface area contributed by atoms with E-state index in [9.17, 15) is 10.1 Å². The molecule has 0 heterocycles. The van der Waals surface area contributed by atoms with E-state index >= 15 is 0 Å². The van der Waals surface area contributed by atoms with Gasteiger partial charge in [-0.15, -0.1) is 0 Å². The summed E-state index contributed by atoms with van der Waals surface area (Å²) in [4.78, 5) is 12.0. The Bertz CT molecular complexity index is 492. The summed E-state index contributed by atoms with van der Waals surface area (Å²) in [6, 6.07) is 9.14. The lowest BCUT2D eigenvalue weighted by atomic mass is 9.94. The maximum Gasteiger partial charge on any atom is 0.339 e. The predicted octanol–water partition coefficient (Wildman–Crippen LogP) is 3.69. The molecule has 0 amide bonds. The minimum absolute atomic E-state index is 0.0990. The van der Waals surface area contributed by atoms with E-state index < -0.39 is 11.6 Å². The van der Waals surface area contributed by atoms with Crippen molar-refractivity contribution in [2.75, 3.05) is 0 Å². The second kappa shape index (κ2) is 5.11. The van der Waals surface area contributed by atoms with Gasteiger partial charge in [-0.05, 0) is 37.1 Å². The molecule has 0 N–H and O–H groups in total. The molecule has 0 bridgehead atoms. The maximum absolute atomic E-state index is 12.0. The first-order chi connectivity index (χ1) is 8.57. The van der Waals surface area contributed by atoms with E-state index in [0.29, 0.717) is 12.0 Å². The van der Waals surface area contributed by atoms with E-state index in [1.165, 1.54) is 0 Å². The third-order valence-corrected chi connectivity index (χ3v) is 4.05. The highest BCUT2D eigenvalue weighted by molar-refractivity contribution is 9.10. The van der Waals surface area contributed by atoms with Gasteiger partial charge in [-0.3, -0.25) is 0 Å². The minimum atomic E-state index is -0.940. The van der Waals surface area contributed by atoms with Crippen LogP contribution in [0.1, 0.15) is 36.5 Å². The van der Waals surface area contributed by atoms with Crippen molar-refractivity contribution in [3.8, 4) is 6.07 Å². The second-order valence-electron chi connectivity index (χ2n) is 4.69. The molecule has 1 aliphatic carbocycles. The Balaban J connectivity index is 2.16. The van der Waals surface area contributed by atoms with Gasteiger partial charge in [-0.2, -0.15) is 5.26 Å². The molecule has 0 spiro atoms. The summed E-state index contributed by atoms with van der Waals surface area (Å²) in [5.41, 5.74) is -0.462. The van der Waals surface area contributed by atoms with Crippen molar-refractivity contribution in [2.24, 2.45) is 5.92 Å². The van der Waals surface area contributed by atoms with Gasteiger partial charge in [0, 0.05) is 16.8 Å². The summed E-state index contributed by atoms with van der Waals surface area (Å²) in [6.07, 6.45) is 2.50. The van der Waals surface area contributed by atoms with Crippen molar-refractivity contribution in [3.63, 3.8) is 0 Å². The predicted molar refractivity (Wildman–Crippen MR) is 70.9 cm³/mol. The average molecular weight is 308 g/mol. The molecule has 1 aliphatic rings. The van der Waals surface area contributed by atoms with Gasteiger partial charge in [0.15, 0.2) is 5.60 Å². The van der Waals surface area contributed by atoms with Gasteiger partial charge in [-0.25, -0.2) is 4.79 Å². The van der Waals surface area contributed by atoms with Gasteiger partial charge in [0.05, 0.1) is 5.56 Å². The molecule has 18 heavy (non-hydrogen) atoms. The van der Waals surface area contributed by atoms with Crippen LogP contribution in [-0.4, -0.2) is 11.6 Å². The Hall–Kier alpha value is -1.34. The lowest BCUT2D eigenvalue weighted by Crippen LogP contribution is -2.36. The molecule has 4 heteroatoms. The van der Waals surface area contributed by atoms with E-state index in [2.05, 4.69) is 22.0 Å². The molecule has 0 aromatic heterocycles. The van der Waals surface area contributed by atoms with Crippen LogP contribution in [0, 0.1) is 17.2 Å². The van der Waals surface area contributed by atoms with Crippen molar-refractivity contribution in [3.05, 3.63) is 34.3 Å². The normalized spacial score (nSPS) is 26.6. The summed E-state index contributed by atoms with van der Waals surface area (Å²) in [6.45, 7) is 1.96. The number of carbonyl (C=O) groups excluding carboxylic acids is 1. The molecule has 0 unspecified atom stereocenters. The van der Waals surface area contributed by atoms with Crippen LogP contribution < -0.4 is 0 Å². The van der Waals surface area contributed by atoms with Crippen molar-refractivity contribution in [1.29, 1.82) is 5.26 Å². The van der Waals surface area contributed by atoms with Gasteiger partial charge in [-0.1, -0.05) is 22.9 Å². The number of nitriles is 1. The quantitative estimate of drug-likeness (QED) is 0.783. The smallest absolute Gasteiger partial charge is 0.339 e. The van der Waals surface area contributed by atoms with Gasteiger partial charge in [0.1, 0.15) is 6.07 Å². The van der Waals surface area contributed by atoms with Crippen LogP contribution in [0.25, 0.3) is 0 Å². The Morgan fingerprint density at radius 2 is 2.17 bits per heavy atom. The Labute approximate surface area is 115 Å². The lowest BCUT2D eigenvalue weighted by molar-refractivity contribution is -0.00562. The van der Waals surface area contributed by atoms with Crippen molar-refractivity contribution < 1.29 is 9.53 Å². The fourth-order valence-corrected chi connectivity index (χ4v) is 2.57. The van der Waals surface area contributed by atoms with Crippen molar-refractivity contribution in [1.82, 2.24) is 0 Å². The standard InChI is InChI=1S/C14H14BrNO2/c1-10-3-2-8-14(10,9-16)18-13(17)11-4-6-12(15)7-5-11/h4-7,10H,2-3,8H2,1H3/t10-,14+/m0/s1. The number of halogens is 1. The highest BCUT2D eigenvalue weighted by Gasteiger charge is 2.44.